The topological polar surface area (TPSA) is 35.5 Å². The number of carbonyl (C=O) groups is 1. The Balaban J connectivity index is 3.04. The fourth-order valence-corrected chi connectivity index (χ4v) is 1.73. The fourth-order valence-electron chi connectivity index (χ4n) is 1.32. The van der Waals surface area contributed by atoms with Gasteiger partial charge in [-0.2, -0.15) is 0 Å². The summed E-state index contributed by atoms with van der Waals surface area (Å²) in [6, 6.07) is 5.94. The summed E-state index contributed by atoms with van der Waals surface area (Å²) in [6.07, 6.45) is 0. The van der Waals surface area contributed by atoms with Gasteiger partial charge in [0.1, 0.15) is 0 Å². The monoisotopic (exact) mass is 224 g/mol. The van der Waals surface area contributed by atoms with Crippen LogP contribution in [0.5, 0.6) is 11.5 Å². The first kappa shape index (κ1) is 11.8. The van der Waals surface area contributed by atoms with Crippen LogP contribution in [0.25, 0.3) is 0 Å². The molecule has 0 atom stereocenters. The lowest BCUT2D eigenvalue weighted by Crippen LogP contribution is -2.01. The van der Waals surface area contributed by atoms with Gasteiger partial charge in [-0.05, 0) is 31.2 Å². The van der Waals surface area contributed by atoms with E-state index >= 15 is 0 Å². The van der Waals surface area contributed by atoms with Gasteiger partial charge in [0.2, 0.25) is 0 Å². The second-order valence-corrected chi connectivity index (χ2v) is 3.78. The Morgan fingerprint density at radius 1 is 1.40 bits per heavy atom. The Labute approximate surface area is 92.8 Å². The van der Waals surface area contributed by atoms with E-state index in [0.717, 1.165) is 10.2 Å². The minimum Gasteiger partial charge on any atom is -0.493 e. The normalized spacial score (nSPS) is 10.0. The average molecular weight is 224 g/mol. The van der Waals surface area contributed by atoms with Crippen molar-refractivity contribution in [3.05, 3.63) is 23.8 Å². The smallest absolute Gasteiger partial charge is 0.161 e. The Kier molecular flexibility index (Phi) is 4.36. The van der Waals surface area contributed by atoms with E-state index in [4.69, 9.17) is 9.47 Å². The summed E-state index contributed by atoms with van der Waals surface area (Å²) in [5, 5.41) is 0. The minimum absolute atomic E-state index is 0.172. The summed E-state index contributed by atoms with van der Waals surface area (Å²) in [4.78, 5) is 11.5. The third-order valence-electron chi connectivity index (χ3n) is 2.11. The number of carbonyl (C=O) groups excluding carboxylic acids is 1. The lowest BCUT2D eigenvalue weighted by Gasteiger charge is -2.10. The van der Waals surface area contributed by atoms with Crippen molar-refractivity contribution in [2.45, 2.75) is 13.0 Å². The van der Waals surface area contributed by atoms with Crippen LogP contribution in [0.2, 0.25) is 6.04 Å². The molecule has 0 aromatic heterocycles. The van der Waals surface area contributed by atoms with E-state index in [1.807, 2.05) is 6.92 Å². The molecular weight excluding hydrogens is 208 g/mol. The summed E-state index contributed by atoms with van der Waals surface area (Å²) < 4.78 is 10.5. The van der Waals surface area contributed by atoms with Crippen molar-refractivity contribution in [1.29, 1.82) is 0 Å². The third-order valence-corrected chi connectivity index (χ3v) is 2.75. The first-order chi connectivity index (χ1) is 7.22. The Morgan fingerprint density at radius 3 is 2.67 bits per heavy atom. The molecule has 82 valence electrons. The molecule has 0 bridgehead atoms. The van der Waals surface area contributed by atoms with E-state index in [2.05, 4.69) is 0 Å². The quantitative estimate of drug-likeness (QED) is 0.554. The molecule has 0 radical (unpaired) electrons. The van der Waals surface area contributed by atoms with Gasteiger partial charge < -0.3 is 9.47 Å². The summed E-state index contributed by atoms with van der Waals surface area (Å²) in [6.45, 7) is 2.47. The number of hydrogen-bond donors (Lipinski definition) is 0. The third kappa shape index (κ3) is 2.83. The van der Waals surface area contributed by atoms with E-state index in [-0.39, 0.29) is 5.78 Å². The summed E-state index contributed by atoms with van der Waals surface area (Å²) in [5.74, 6) is 1.48. The highest BCUT2D eigenvalue weighted by Crippen LogP contribution is 2.28. The maximum atomic E-state index is 11.5. The summed E-state index contributed by atoms with van der Waals surface area (Å²) >= 11 is 0. The molecule has 0 aliphatic rings. The van der Waals surface area contributed by atoms with Crippen molar-refractivity contribution in [3.63, 3.8) is 0 Å². The van der Waals surface area contributed by atoms with Crippen molar-refractivity contribution in [1.82, 2.24) is 0 Å². The van der Waals surface area contributed by atoms with E-state index in [9.17, 15) is 4.79 Å². The molecule has 1 aromatic carbocycles. The number of hydrogen-bond acceptors (Lipinski definition) is 3. The molecule has 0 heterocycles. The predicted molar refractivity (Wildman–Crippen MR) is 63.2 cm³/mol. The Morgan fingerprint density at radius 2 is 2.13 bits per heavy atom. The summed E-state index contributed by atoms with van der Waals surface area (Å²) in [5.41, 5.74) is 0.703. The molecule has 0 saturated carbocycles. The number of ether oxygens (including phenoxy) is 2. The van der Waals surface area contributed by atoms with Crippen LogP contribution < -0.4 is 9.47 Å². The van der Waals surface area contributed by atoms with Gasteiger partial charge in [-0.3, -0.25) is 4.79 Å². The molecule has 0 aliphatic heterocycles. The number of ketones is 1. The first-order valence-electron chi connectivity index (χ1n) is 5.07. The molecular formula is C11H16O3Si. The van der Waals surface area contributed by atoms with E-state index in [1.54, 1.807) is 25.3 Å². The standard InChI is InChI=1S/C11H16O3Si/c1-3-14-11-6-8(9(12)7-15)4-5-10(11)13-2/h4-6H,3,7H2,1-2,15H3. The number of Topliss-reactive ketones (excluding diaryl/α,β-unsaturated/α-hetero) is 1. The molecule has 0 saturated heterocycles. The molecule has 0 aliphatic carbocycles. The molecule has 0 amide bonds. The van der Waals surface area contributed by atoms with Gasteiger partial charge >= 0.3 is 0 Å². The zero-order valence-electron chi connectivity index (χ0n) is 9.37. The molecule has 0 unspecified atom stereocenters. The van der Waals surface area contributed by atoms with Crippen molar-refractivity contribution in [2.24, 2.45) is 0 Å². The van der Waals surface area contributed by atoms with Crippen LogP contribution in [-0.2, 0) is 0 Å². The highest BCUT2D eigenvalue weighted by Gasteiger charge is 2.09. The van der Waals surface area contributed by atoms with Gasteiger partial charge in [0.15, 0.2) is 17.3 Å². The van der Waals surface area contributed by atoms with Crippen LogP contribution in [0, 0.1) is 0 Å². The van der Waals surface area contributed by atoms with Gasteiger partial charge in [0.05, 0.1) is 13.7 Å². The number of rotatable bonds is 5. The van der Waals surface area contributed by atoms with E-state index < -0.39 is 0 Å². The van der Waals surface area contributed by atoms with Crippen molar-refractivity contribution in [3.8, 4) is 11.5 Å². The van der Waals surface area contributed by atoms with Crippen molar-refractivity contribution >= 4 is 16.0 Å². The number of benzene rings is 1. The molecule has 0 spiro atoms. The highest BCUT2D eigenvalue weighted by atomic mass is 28.1. The van der Waals surface area contributed by atoms with Crippen LogP contribution in [0.15, 0.2) is 18.2 Å². The molecule has 4 heteroatoms. The zero-order chi connectivity index (χ0) is 11.3. The fraction of sp³-hybridized carbons (Fsp3) is 0.364. The van der Waals surface area contributed by atoms with Gasteiger partial charge in [-0.15, -0.1) is 0 Å². The largest absolute Gasteiger partial charge is 0.493 e. The number of methoxy groups -OCH3 is 1. The Hall–Kier alpha value is -1.29. The van der Waals surface area contributed by atoms with Gasteiger partial charge in [0, 0.05) is 15.8 Å². The first-order valence-corrected chi connectivity index (χ1v) is 6.48. The molecule has 0 N–H and O–H groups in total. The van der Waals surface area contributed by atoms with Crippen molar-refractivity contribution < 1.29 is 14.3 Å². The Bertz CT molecular complexity index is 350. The van der Waals surface area contributed by atoms with Gasteiger partial charge in [-0.25, -0.2) is 0 Å². The van der Waals surface area contributed by atoms with Crippen LogP contribution in [0.1, 0.15) is 17.3 Å². The average Bonchev–Trinajstić information content (AvgIpc) is 2.28. The molecule has 15 heavy (non-hydrogen) atoms. The summed E-state index contributed by atoms with van der Waals surface area (Å²) in [7, 11) is 2.47. The zero-order valence-corrected chi connectivity index (χ0v) is 11.4. The SMILES string of the molecule is CCOc1cc(C(=O)C[SiH3])ccc1OC. The molecule has 0 fully saturated rings. The van der Waals surface area contributed by atoms with Gasteiger partial charge in [0.25, 0.3) is 0 Å². The lowest BCUT2D eigenvalue weighted by atomic mass is 10.1. The predicted octanol–water partition coefficient (Wildman–Crippen LogP) is 1.06. The van der Waals surface area contributed by atoms with E-state index in [1.165, 1.54) is 0 Å². The molecule has 3 nitrogen and oxygen atoms in total. The van der Waals surface area contributed by atoms with Crippen LogP contribution >= 0.6 is 0 Å². The van der Waals surface area contributed by atoms with E-state index in [0.29, 0.717) is 29.7 Å². The molecule has 1 rings (SSSR count). The second kappa shape index (κ2) is 5.55. The maximum Gasteiger partial charge on any atom is 0.161 e. The van der Waals surface area contributed by atoms with Gasteiger partial charge in [-0.1, -0.05) is 0 Å². The maximum absolute atomic E-state index is 11.5. The highest BCUT2D eigenvalue weighted by molar-refractivity contribution is 6.24. The molecule has 1 aromatic rings. The lowest BCUT2D eigenvalue weighted by molar-refractivity contribution is 0.101. The van der Waals surface area contributed by atoms with Crippen LogP contribution in [0.3, 0.4) is 0 Å². The van der Waals surface area contributed by atoms with Crippen LogP contribution in [0.4, 0.5) is 0 Å². The minimum atomic E-state index is 0.172. The van der Waals surface area contributed by atoms with Crippen molar-refractivity contribution in [2.75, 3.05) is 13.7 Å². The van der Waals surface area contributed by atoms with Crippen LogP contribution in [-0.4, -0.2) is 29.7 Å². The second-order valence-electron chi connectivity index (χ2n) is 3.08.